The molecule has 2 aromatic heterocycles. The Balaban J connectivity index is 0.000000737. The second-order valence-electron chi connectivity index (χ2n) is 12.4. The van der Waals surface area contributed by atoms with E-state index in [1.54, 1.807) is 0 Å². The van der Waals surface area contributed by atoms with Gasteiger partial charge in [0.25, 0.3) is 0 Å². The average molecular weight is 789 g/mol. The molecule has 18 heteroatoms. The molecule has 2 rings (SSSR count). The van der Waals surface area contributed by atoms with E-state index in [1.165, 1.54) is 11.1 Å². The van der Waals surface area contributed by atoms with E-state index in [0.29, 0.717) is 25.7 Å². The van der Waals surface area contributed by atoms with Gasteiger partial charge in [-0.3, -0.25) is 9.13 Å². The van der Waals surface area contributed by atoms with Crippen molar-refractivity contribution in [2.45, 2.75) is 116 Å². The highest BCUT2D eigenvalue weighted by Crippen LogP contribution is 2.36. The van der Waals surface area contributed by atoms with Crippen LogP contribution >= 0.6 is 30.4 Å². The molecular weight excluding hydrogens is 728 g/mol. The van der Waals surface area contributed by atoms with Crippen LogP contribution in [0.25, 0.3) is 11.1 Å². The fourth-order valence-electron chi connectivity index (χ4n) is 4.89. The Labute approximate surface area is 297 Å². The van der Waals surface area contributed by atoms with E-state index in [4.69, 9.17) is 29.4 Å². The van der Waals surface area contributed by atoms with Crippen LogP contribution < -0.4 is 19.8 Å². The summed E-state index contributed by atoms with van der Waals surface area (Å²) in [7, 11) is -15.8. The van der Waals surface area contributed by atoms with E-state index in [1.807, 2.05) is 24.8 Å². The Kier molecular flexibility index (Phi) is 27.8. The topological polar surface area (TPSA) is 264 Å². The predicted octanol–water partition coefficient (Wildman–Crippen LogP) is 5.42. The van der Waals surface area contributed by atoms with Crippen molar-refractivity contribution in [2.75, 3.05) is 24.6 Å². The Morgan fingerprint density at radius 1 is 0.380 bits per heavy atom. The molecule has 2 unspecified atom stereocenters. The number of nitrogens with one attached hydrogen (secondary N) is 2. The summed E-state index contributed by atoms with van der Waals surface area (Å²) in [5.74, 6) is 0. The lowest BCUT2D eigenvalue weighted by atomic mass is 10.1. The van der Waals surface area contributed by atoms with Crippen LogP contribution in [0.4, 0.5) is 0 Å². The molecule has 0 fully saturated rings. The van der Waals surface area contributed by atoms with Crippen molar-refractivity contribution in [3.63, 3.8) is 0 Å². The fourth-order valence-corrected chi connectivity index (χ4v) is 7.41. The molecule has 50 heavy (non-hydrogen) atoms. The first-order chi connectivity index (χ1) is 23.4. The summed E-state index contributed by atoms with van der Waals surface area (Å²) in [4.78, 5) is 78.6. The number of H-pyrrole nitrogens is 2. The van der Waals surface area contributed by atoms with E-state index in [2.05, 4.69) is 34.2 Å². The van der Waals surface area contributed by atoms with Gasteiger partial charge in [-0.2, -0.15) is 0 Å². The third-order valence-corrected chi connectivity index (χ3v) is 11.1. The zero-order chi connectivity index (χ0) is 37.8. The van der Waals surface area contributed by atoms with Crippen LogP contribution in [0.3, 0.4) is 0 Å². The summed E-state index contributed by atoms with van der Waals surface area (Å²) in [6.45, 7) is 0. The smallest absolute Gasteiger partial charge is 0.325 e. The van der Waals surface area contributed by atoms with Gasteiger partial charge in [0.15, 0.2) is 24.8 Å². The van der Waals surface area contributed by atoms with Gasteiger partial charge in [0.1, 0.15) is 15.2 Å². The van der Waals surface area contributed by atoms with Crippen molar-refractivity contribution in [2.24, 2.45) is 0 Å². The van der Waals surface area contributed by atoms with E-state index in [9.17, 15) is 28.0 Å². The molecule has 0 aliphatic heterocycles. The summed E-state index contributed by atoms with van der Waals surface area (Å²) in [6, 6.07) is 8.20. The summed E-state index contributed by atoms with van der Waals surface area (Å²) in [5.41, 5.74) is 2.45. The highest BCUT2D eigenvalue weighted by atomic mass is 31.2. The molecule has 0 saturated heterocycles. The van der Waals surface area contributed by atoms with E-state index in [0.717, 1.165) is 89.9 Å². The SMILES string of the molecule is O=P([O-])(O)CCCCCCCCCCCP(=O)(O)O.O=P([O-])(O)CCCCCCCCCCCP(=O)(O)O.c1cc(-c2cc[nH+]cc2)cc[nH+]1. The van der Waals surface area contributed by atoms with Crippen molar-refractivity contribution in [1.82, 2.24) is 0 Å². The first kappa shape index (κ1) is 48.9. The molecule has 0 saturated carbocycles. The zero-order valence-corrected chi connectivity index (χ0v) is 32.7. The molecular formula is C32H60N2O12P4. The maximum atomic E-state index is 10.6. The second kappa shape index (κ2) is 28.4. The predicted molar refractivity (Wildman–Crippen MR) is 191 cm³/mol. The molecule has 0 aliphatic carbocycles. The van der Waals surface area contributed by atoms with Crippen LogP contribution in [-0.4, -0.2) is 54.0 Å². The third kappa shape index (κ3) is 38.1. The number of aromatic nitrogens is 2. The number of pyridine rings is 2. The van der Waals surface area contributed by atoms with Crippen molar-refractivity contribution in [1.29, 1.82) is 0 Å². The van der Waals surface area contributed by atoms with E-state index in [-0.39, 0.29) is 24.6 Å². The highest BCUT2D eigenvalue weighted by Gasteiger charge is 2.11. The molecule has 290 valence electrons. The van der Waals surface area contributed by atoms with Crippen LogP contribution in [0, 0.1) is 0 Å². The van der Waals surface area contributed by atoms with Gasteiger partial charge in [-0.15, -0.1) is 0 Å². The van der Waals surface area contributed by atoms with Gasteiger partial charge in [0.05, 0.1) is 0 Å². The van der Waals surface area contributed by atoms with Crippen LogP contribution in [-0.2, 0) is 18.3 Å². The van der Waals surface area contributed by atoms with Crippen molar-refractivity contribution in [3.8, 4) is 11.1 Å². The first-order valence-electron chi connectivity index (χ1n) is 17.5. The molecule has 0 bridgehead atoms. The lowest BCUT2D eigenvalue weighted by Gasteiger charge is -2.14. The second-order valence-corrected chi connectivity index (χ2v) is 19.4. The van der Waals surface area contributed by atoms with Gasteiger partial charge in [0.2, 0.25) is 0 Å². The molecule has 2 heterocycles. The van der Waals surface area contributed by atoms with Crippen LogP contribution in [0.1, 0.15) is 116 Å². The lowest BCUT2D eigenvalue weighted by Crippen LogP contribution is -2.03. The molecule has 8 N–H and O–H groups in total. The highest BCUT2D eigenvalue weighted by molar-refractivity contribution is 7.52. The minimum atomic E-state index is -4.07. The van der Waals surface area contributed by atoms with E-state index >= 15 is 0 Å². The van der Waals surface area contributed by atoms with Gasteiger partial charge in [-0.25, -0.2) is 9.97 Å². The number of aromatic amines is 2. The molecule has 0 amide bonds. The maximum absolute atomic E-state index is 10.6. The van der Waals surface area contributed by atoms with Gasteiger partial charge in [0, 0.05) is 48.9 Å². The monoisotopic (exact) mass is 788 g/mol. The standard InChI is InChI=1S/2C11H26O6P2.C10H8N2/c2*12-18(13,14)10-8-6-4-2-1-3-5-7-9-11-19(15,16)17;1-5-11-6-2-9(1)10-3-7-12-8-4-10/h2*1-11H2,(H2,12,13,14)(H2,15,16,17);1-8H. The molecule has 0 radical (unpaired) electrons. The van der Waals surface area contributed by atoms with E-state index < -0.39 is 30.4 Å². The summed E-state index contributed by atoms with van der Waals surface area (Å²) in [6.07, 6.45) is 23.0. The Morgan fingerprint density at radius 3 is 0.780 bits per heavy atom. The Bertz CT molecular complexity index is 1130. The average Bonchev–Trinajstić information content (AvgIpc) is 3.02. The van der Waals surface area contributed by atoms with Gasteiger partial charge >= 0.3 is 15.2 Å². The Morgan fingerprint density at radius 2 is 0.580 bits per heavy atom. The molecule has 2 aromatic rings. The van der Waals surface area contributed by atoms with Crippen LogP contribution in [0.2, 0.25) is 0 Å². The minimum Gasteiger partial charge on any atom is -0.779 e. The number of rotatable bonds is 25. The normalized spacial score (nSPS) is 14.0. The first-order valence-corrected chi connectivity index (χ1v) is 24.6. The quantitative estimate of drug-likeness (QED) is 0.0544. The van der Waals surface area contributed by atoms with Crippen molar-refractivity contribution < 1.29 is 67.4 Å². The third-order valence-electron chi connectivity index (χ3n) is 7.55. The molecule has 0 aliphatic rings. The summed E-state index contributed by atoms with van der Waals surface area (Å²) < 4.78 is 42.1. The van der Waals surface area contributed by atoms with Gasteiger partial charge < -0.3 is 48.3 Å². The van der Waals surface area contributed by atoms with Crippen molar-refractivity contribution >= 4 is 30.4 Å². The van der Waals surface area contributed by atoms with Crippen LogP contribution in [0.15, 0.2) is 49.1 Å². The molecule has 0 aromatic carbocycles. The number of unbranched alkanes of at least 4 members (excludes halogenated alkanes) is 16. The maximum Gasteiger partial charge on any atom is 0.325 e. The van der Waals surface area contributed by atoms with Crippen molar-refractivity contribution in [3.05, 3.63) is 49.1 Å². The van der Waals surface area contributed by atoms with Crippen LogP contribution in [0.5, 0.6) is 0 Å². The Hall–Kier alpha value is -1.10. The van der Waals surface area contributed by atoms with Gasteiger partial charge in [-0.1, -0.05) is 89.9 Å². The lowest BCUT2D eigenvalue weighted by molar-refractivity contribution is -0.378. The molecule has 14 nitrogen and oxygen atoms in total. The number of hydrogen-bond acceptors (Lipinski definition) is 6. The number of hydrogen-bond donors (Lipinski definition) is 6. The largest absolute Gasteiger partial charge is 0.779 e. The fraction of sp³-hybridized carbons (Fsp3) is 0.688. The van der Waals surface area contributed by atoms with Gasteiger partial charge in [-0.05, 0) is 36.8 Å². The minimum absolute atomic E-state index is 0.0244. The summed E-state index contributed by atoms with van der Waals surface area (Å²) >= 11 is 0. The zero-order valence-electron chi connectivity index (χ0n) is 29.1. The summed E-state index contributed by atoms with van der Waals surface area (Å²) in [5, 5.41) is 0. The molecule has 0 spiro atoms. The molecule has 2 atom stereocenters.